The third kappa shape index (κ3) is 3.98. The molecule has 8 heteroatoms. The van der Waals surface area contributed by atoms with Crippen molar-refractivity contribution in [3.05, 3.63) is 47.4 Å². The Bertz CT molecular complexity index is 985. The van der Waals surface area contributed by atoms with Crippen LogP contribution in [0.3, 0.4) is 0 Å². The molecule has 0 atom stereocenters. The van der Waals surface area contributed by atoms with Crippen LogP contribution in [0.1, 0.15) is 11.8 Å². The lowest BCUT2D eigenvalue weighted by Gasteiger charge is -2.36. The fourth-order valence-corrected chi connectivity index (χ4v) is 5.17. The lowest BCUT2D eigenvalue weighted by Crippen LogP contribution is -2.49. The van der Waals surface area contributed by atoms with Gasteiger partial charge in [0.25, 0.3) is 0 Å². The molecule has 5 nitrogen and oxygen atoms in total. The number of nitrogens with zero attached hydrogens (tertiary/aromatic N) is 4. The lowest BCUT2D eigenvalue weighted by molar-refractivity contribution is -0.128. The highest BCUT2D eigenvalue weighted by molar-refractivity contribution is 8.00. The van der Waals surface area contributed by atoms with Crippen molar-refractivity contribution in [3.8, 4) is 0 Å². The van der Waals surface area contributed by atoms with Gasteiger partial charge in [0.05, 0.1) is 11.4 Å². The maximum absolute atomic E-state index is 14.0. The Balaban J connectivity index is 1.35. The summed E-state index contributed by atoms with van der Waals surface area (Å²) in [5, 5.41) is 1.89. The number of carbonyl (C=O) groups is 1. The number of aryl methyl sites for hydroxylation is 1. The molecule has 3 heterocycles. The molecule has 28 heavy (non-hydrogen) atoms. The summed E-state index contributed by atoms with van der Waals surface area (Å²) in [6.45, 7) is 4.60. The fourth-order valence-electron chi connectivity index (χ4n) is 3.30. The number of thioether (sulfide) groups is 1. The van der Waals surface area contributed by atoms with E-state index >= 15 is 0 Å². The highest BCUT2D eigenvalue weighted by Gasteiger charge is 2.23. The molecule has 1 fully saturated rings. The van der Waals surface area contributed by atoms with E-state index in [1.54, 1.807) is 29.8 Å². The Morgan fingerprint density at radius 1 is 1.21 bits per heavy atom. The van der Waals surface area contributed by atoms with E-state index in [9.17, 15) is 9.18 Å². The number of carbonyl (C=O) groups excluding carboxylic acids is 1. The number of aromatic nitrogens is 2. The molecular formula is C20H21FN4OS2. The lowest BCUT2D eigenvalue weighted by atomic mass is 10.2. The molecule has 3 aromatic rings. The number of amides is 1. The number of hydrogen-bond acceptors (Lipinski definition) is 6. The summed E-state index contributed by atoms with van der Waals surface area (Å²) in [5.41, 5.74) is 0.608. The van der Waals surface area contributed by atoms with Gasteiger partial charge in [0.1, 0.15) is 22.0 Å². The van der Waals surface area contributed by atoms with Gasteiger partial charge in [0, 0.05) is 36.4 Å². The number of para-hydroxylation sites is 1. The molecule has 0 N–H and O–H groups in total. The molecule has 1 aliphatic heterocycles. The zero-order valence-corrected chi connectivity index (χ0v) is 17.2. The molecule has 0 unspecified atom stereocenters. The standard InChI is InChI=1S/C20H21FN4OS2/c1-2-14-11-15-19(22-13-23-20(15)28-14)27-12-18(26)25-9-7-24(8-10-25)17-6-4-3-5-16(17)21/h3-6,11,13H,2,7-10,12H2,1H3. The van der Waals surface area contributed by atoms with Crippen molar-refractivity contribution in [3.63, 3.8) is 0 Å². The largest absolute Gasteiger partial charge is 0.366 e. The van der Waals surface area contributed by atoms with E-state index < -0.39 is 0 Å². The van der Waals surface area contributed by atoms with Crippen molar-refractivity contribution in [2.45, 2.75) is 18.4 Å². The predicted octanol–water partition coefficient (Wildman–Crippen LogP) is 3.83. The quantitative estimate of drug-likeness (QED) is 0.467. The highest BCUT2D eigenvalue weighted by Crippen LogP contribution is 2.31. The number of halogens is 1. The van der Waals surface area contributed by atoms with E-state index in [0.717, 1.165) is 21.7 Å². The Hall–Kier alpha value is -2.19. The third-order valence-electron chi connectivity index (χ3n) is 4.85. The number of benzene rings is 1. The molecule has 0 aliphatic carbocycles. The van der Waals surface area contributed by atoms with Crippen molar-refractivity contribution in [1.29, 1.82) is 0 Å². The van der Waals surface area contributed by atoms with Crippen LogP contribution >= 0.6 is 23.1 Å². The van der Waals surface area contributed by atoms with Gasteiger partial charge < -0.3 is 9.80 Å². The minimum atomic E-state index is -0.215. The Kier molecular flexibility index (Phi) is 5.77. The summed E-state index contributed by atoms with van der Waals surface area (Å²) < 4.78 is 14.0. The molecule has 4 rings (SSSR count). The zero-order valence-electron chi connectivity index (χ0n) is 15.6. The van der Waals surface area contributed by atoms with Gasteiger partial charge >= 0.3 is 0 Å². The van der Waals surface area contributed by atoms with Gasteiger partial charge in [-0.15, -0.1) is 11.3 Å². The smallest absolute Gasteiger partial charge is 0.233 e. The second-order valence-electron chi connectivity index (χ2n) is 6.57. The molecule has 1 aliphatic rings. The second kappa shape index (κ2) is 8.45. The fraction of sp³-hybridized carbons (Fsp3) is 0.350. The molecule has 0 saturated carbocycles. The van der Waals surface area contributed by atoms with Crippen molar-refractivity contribution < 1.29 is 9.18 Å². The number of piperazine rings is 1. The van der Waals surface area contributed by atoms with Crippen molar-refractivity contribution >= 4 is 44.9 Å². The Morgan fingerprint density at radius 2 is 2.00 bits per heavy atom. The van der Waals surface area contributed by atoms with Crippen molar-refractivity contribution in [2.24, 2.45) is 0 Å². The van der Waals surface area contributed by atoms with E-state index in [0.29, 0.717) is 37.6 Å². The summed E-state index contributed by atoms with van der Waals surface area (Å²) in [6.07, 6.45) is 2.54. The molecule has 0 spiro atoms. The zero-order chi connectivity index (χ0) is 19.5. The van der Waals surface area contributed by atoms with Gasteiger partial charge in [-0.2, -0.15) is 0 Å². The molecule has 0 bridgehead atoms. The van der Waals surface area contributed by atoms with Crippen molar-refractivity contribution in [2.75, 3.05) is 36.8 Å². The molecule has 1 saturated heterocycles. The normalized spacial score (nSPS) is 14.6. The Labute approximate surface area is 171 Å². The maximum Gasteiger partial charge on any atom is 0.233 e. The van der Waals surface area contributed by atoms with Crippen LogP contribution < -0.4 is 4.90 Å². The molecule has 1 aromatic carbocycles. The van der Waals surface area contributed by atoms with Gasteiger partial charge in [-0.1, -0.05) is 30.8 Å². The number of hydrogen-bond donors (Lipinski definition) is 0. The molecule has 2 aromatic heterocycles. The number of thiophene rings is 1. The molecular weight excluding hydrogens is 395 g/mol. The minimum Gasteiger partial charge on any atom is -0.366 e. The van der Waals surface area contributed by atoms with Gasteiger partial charge in [-0.3, -0.25) is 4.79 Å². The van der Waals surface area contributed by atoms with E-state index in [1.165, 1.54) is 22.7 Å². The summed E-state index contributed by atoms with van der Waals surface area (Å²) in [5.74, 6) is 0.229. The van der Waals surface area contributed by atoms with Crippen LogP contribution in [0.4, 0.5) is 10.1 Å². The maximum atomic E-state index is 14.0. The van der Waals surface area contributed by atoms with Crippen LogP contribution in [0.2, 0.25) is 0 Å². The second-order valence-corrected chi connectivity index (χ2v) is 8.65. The van der Waals surface area contributed by atoms with Gasteiger partial charge in [-0.05, 0) is 24.6 Å². The monoisotopic (exact) mass is 416 g/mol. The summed E-state index contributed by atoms with van der Waals surface area (Å²) in [4.78, 5) is 27.5. The average Bonchev–Trinajstić information content (AvgIpc) is 3.16. The topological polar surface area (TPSA) is 49.3 Å². The first-order valence-electron chi connectivity index (χ1n) is 9.29. The summed E-state index contributed by atoms with van der Waals surface area (Å²) in [6, 6.07) is 8.91. The highest BCUT2D eigenvalue weighted by atomic mass is 32.2. The minimum absolute atomic E-state index is 0.0934. The molecule has 1 amide bonds. The SMILES string of the molecule is CCc1cc2c(SCC(=O)N3CCN(c4ccccc4F)CC3)ncnc2s1. The van der Waals surface area contributed by atoms with Crippen LogP contribution in [0.25, 0.3) is 10.2 Å². The van der Waals surface area contributed by atoms with E-state index in [4.69, 9.17) is 0 Å². The average molecular weight is 417 g/mol. The summed E-state index contributed by atoms with van der Waals surface area (Å²) in [7, 11) is 0. The van der Waals surface area contributed by atoms with Crippen LogP contribution in [-0.2, 0) is 11.2 Å². The summed E-state index contributed by atoms with van der Waals surface area (Å²) >= 11 is 3.14. The van der Waals surface area contributed by atoms with E-state index in [2.05, 4.69) is 23.0 Å². The van der Waals surface area contributed by atoms with E-state index in [-0.39, 0.29) is 11.7 Å². The first-order chi connectivity index (χ1) is 13.7. The predicted molar refractivity (Wildman–Crippen MR) is 113 cm³/mol. The number of rotatable bonds is 5. The molecule has 146 valence electrons. The van der Waals surface area contributed by atoms with Gasteiger partial charge in [0.15, 0.2) is 0 Å². The van der Waals surface area contributed by atoms with Gasteiger partial charge in [0.2, 0.25) is 5.91 Å². The first kappa shape index (κ1) is 19.1. The van der Waals surface area contributed by atoms with Crippen LogP contribution in [0.15, 0.2) is 41.7 Å². The molecule has 0 radical (unpaired) electrons. The first-order valence-corrected chi connectivity index (χ1v) is 11.1. The van der Waals surface area contributed by atoms with Crippen LogP contribution in [0.5, 0.6) is 0 Å². The van der Waals surface area contributed by atoms with Gasteiger partial charge in [-0.25, -0.2) is 14.4 Å². The number of fused-ring (bicyclic) bond motifs is 1. The van der Waals surface area contributed by atoms with Crippen molar-refractivity contribution in [1.82, 2.24) is 14.9 Å². The van der Waals surface area contributed by atoms with Crippen LogP contribution in [-0.4, -0.2) is 52.7 Å². The van der Waals surface area contributed by atoms with E-state index in [1.807, 2.05) is 15.9 Å². The third-order valence-corrected chi connectivity index (χ3v) is 7.03. The van der Waals surface area contributed by atoms with Crippen LogP contribution in [0, 0.1) is 5.82 Å². The Morgan fingerprint density at radius 3 is 2.75 bits per heavy atom. The number of anilines is 1.